The Morgan fingerprint density at radius 1 is 1.13 bits per heavy atom. The predicted molar refractivity (Wildman–Crippen MR) is 109 cm³/mol. The number of carbonyl (C=O) groups excluding carboxylic acids is 1. The third-order valence-corrected chi connectivity index (χ3v) is 6.32. The first kappa shape index (κ1) is 19.3. The summed E-state index contributed by atoms with van der Waals surface area (Å²) in [6.45, 7) is 2.48. The number of rotatable bonds is 4. The summed E-state index contributed by atoms with van der Waals surface area (Å²) in [6, 6.07) is 9.93. The molecule has 2 fully saturated rings. The number of ether oxygens (including phenoxy) is 2. The van der Waals surface area contributed by atoms with Gasteiger partial charge in [0.15, 0.2) is 12.1 Å². The summed E-state index contributed by atoms with van der Waals surface area (Å²) >= 11 is 1.49. The molecule has 156 valence electrons. The lowest BCUT2D eigenvalue weighted by molar-refractivity contribution is -0.0956. The van der Waals surface area contributed by atoms with E-state index < -0.39 is 0 Å². The first-order valence-electron chi connectivity index (χ1n) is 9.98. The predicted octanol–water partition coefficient (Wildman–Crippen LogP) is 3.36. The van der Waals surface area contributed by atoms with Gasteiger partial charge < -0.3 is 14.4 Å². The van der Waals surface area contributed by atoms with E-state index in [-0.39, 0.29) is 23.8 Å². The van der Waals surface area contributed by atoms with Crippen molar-refractivity contribution in [3.8, 4) is 16.4 Å². The zero-order valence-corrected chi connectivity index (χ0v) is 17.1. The van der Waals surface area contributed by atoms with Crippen LogP contribution >= 0.6 is 11.3 Å². The monoisotopic (exact) mass is 428 g/mol. The van der Waals surface area contributed by atoms with Gasteiger partial charge in [-0.1, -0.05) is 12.1 Å². The molecule has 2 saturated heterocycles. The molecule has 0 radical (unpaired) electrons. The fraction of sp³-hybridized carbons (Fsp3) is 0.381. The van der Waals surface area contributed by atoms with Crippen LogP contribution in [0.4, 0.5) is 4.39 Å². The van der Waals surface area contributed by atoms with Crippen molar-refractivity contribution in [1.29, 1.82) is 0 Å². The second-order valence-electron chi connectivity index (χ2n) is 7.37. The SMILES string of the molecule is O=C(c1nc(-c2cccs2)n(-c2cccc(F)c2)n1)N1CCC(C2OCCO2)CC1. The van der Waals surface area contributed by atoms with E-state index in [9.17, 15) is 9.18 Å². The molecule has 7 nitrogen and oxygen atoms in total. The Hall–Kier alpha value is -2.62. The molecule has 3 aromatic rings. The van der Waals surface area contributed by atoms with Crippen LogP contribution < -0.4 is 0 Å². The number of amides is 1. The minimum atomic E-state index is -0.369. The molecule has 1 amide bonds. The van der Waals surface area contributed by atoms with Gasteiger partial charge in [0.2, 0.25) is 5.82 Å². The average molecular weight is 428 g/mol. The maximum Gasteiger partial charge on any atom is 0.293 e. The van der Waals surface area contributed by atoms with Gasteiger partial charge in [0.25, 0.3) is 5.91 Å². The molecule has 0 aliphatic carbocycles. The Morgan fingerprint density at radius 2 is 1.93 bits per heavy atom. The van der Waals surface area contributed by atoms with Crippen molar-refractivity contribution >= 4 is 17.2 Å². The lowest BCUT2D eigenvalue weighted by Crippen LogP contribution is -2.41. The van der Waals surface area contributed by atoms with E-state index in [1.807, 2.05) is 17.5 Å². The molecule has 0 saturated carbocycles. The molecule has 2 aliphatic rings. The lowest BCUT2D eigenvalue weighted by Gasteiger charge is -2.33. The maximum absolute atomic E-state index is 13.8. The summed E-state index contributed by atoms with van der Waals surface area (Å²) in [4.78, 5) is 20.3. The molecule has 2 aromatic heterocycles. The van der Waals surface area contributed by atoms with E-state index in [0.717, 1.165) is 17.7 Å². The highest BCUT2D eigenvalue weighted by Gasteiger charge is 2.33. The van der Waals surface area contributed by atoms with E-state index >= 15 is 0 Å². The Bertz CT molecular complexity index is 1020. The minimum absolute atomic E-state index is 0.120. The van der Waals surface area contributed by atoms with Crippen molar-refractivity contribution in [2.75, 3.05) is 26.3 Å². The summed E-state index contributed by atoms with van der Waals surface area (Å²) in [5.74, 6) is 0.369. The molecule has 9 heteroatoms. The van der Waals surface area contributed by atoms with Gasteiger partial charge in [0.1, 0.15) is 5.82 Å². The van der Waals surface area contributed by atoms with E-state index in [1.165, 1.54) is 28.2 Å². The van der Waals surface area contributed by atoms with Crippen LogP contribution in [0.5, 0.6) is 0 Å². The van der Waals surface area contributed by atoms with Crippen LogP contribution in [0.25, 0.3) is 16.4 Å². The molecular formula is C21H21FN4O3S. The summed E-state index contributed by atoms with van der Waals surface area (Å²) in [7, 11) is 0. The second kappa shape index (κ2) is 8.25. The van der Waals surface area contributed by atoms with E-state index in [4.69, 9.17) is 9.47 Å². The van der Waals surface area contributed by atoms with Crippen molar-refractivity contribution in [3.63, 3.8) is 0 Å². The first-order chi connectivity index (χ1) is 14.7. The summed E-state index contributed by atoms with van der Waals surface area (Å²) in [5, 5.41) is 6.38. The van der Waals surface area contributed by atoms with Crippen molar-refractivity contribution in [2.45, 2.75) is 19.1 Å². The molecule has 0 bridgehead atoms. The molecule has 2 aliphatic heterocycles. The van der Waals surface area contributed by atoms with Crippen LogP contribution in [0.2, 0.25) is 0 Å². The zero-order chi connectivity index (χ0) is 20.5. The second-order valence-corrected chi connectivity index (χ2v) is 8.32. The van der Waals surface area contributed by atoms with Gasteiger partial charge in [-0.15, -0.1) is 16.4 Å². The Balaban J connectivity index is 1.39. The van der Waals surface area contributed by atoms with Crippen molar-refractivity contribution in [1.82, 2.24) is 19.7 Å². The molecule has 30 heavy (non-hydrogen) atoms. The number of hydrogen-bond acceptors (Lipinski definition) is 6. The number of aromatic nitrogens is 3. The number of piperidine rings is 1. The van der Waals surface area contributed by atoms with Crippen LogP contribution in [-0.4, -0.2) is 58.2 Å². The van der Waals surface area contributed by atoms with Crippen molar-refractivity contribution < 1.29 is 18.7 Å². The van der Waals surface area contributed by atoms with Gasteiger partial charge in [-0.25, -0.2) is 14.1 Å². The van der Waals surface area contributed by atoms with E-state index in [2.05, 4.69) is 10.1 Å². The van der Waals surface area contributed by atoms with Gasteiger partial charge in [0.05, 0.1) is 23.8 Å². The molecule has 0 N–H and O–H groups in total. The van der Waals surface area contributed by atoms with Crippen molar-refractivity contribution in [2.24, 2.45) is 5.92 Å². The highest BCUT2D eigenvalue weighted by Crippen LogP contribution is 2.28. The Kier molecular flexibility index (Phi) is 5.32. The Labute approximate surface area is 177 Å². The van der Waals surface area contributed by atoms with E-state index in [1.54, 1.807) is 17.0 Å². The zero-order valence-electron chi connectivity index (χ0n) is 16.2. The Morgan fingerprint density at radius 3 is 2.63 bits per heavy atom. The molecular weight excluding hydrogens is 407 g/mol. The minimum Gasteiger partial charge on any atom is -0.350 e. The van der Waals surface area contributed by atoms with Gasteiger partial charge in [-0.05, 0) is 42.5 Å². The maximum atomic E-state index is 13.8. The average Bonchev–Trinajstić information content (AvgIpc) is 3.55. The molecule has 5 rings (SSSR count). The molecule has 0 atom stereocenters. The number of hydrogen-bond donors (Lipinski definition) is 0. The molecule has 1 aromatic carbocycles. The smallest absolute Gasteiger partial charge is 0.293 e. The van der Waals surface area contributed by atoms with Crippen LogP contribution in [0, 0.1) is 11.7 Å². The number of thiophene rings is 1. The quantitative estimate of drug-likeness (QED) is 0.637. The van der Waals surface area contributed by atoms with Gasteiger partial charge in [-0.2, -0.15) is 0 Å². The number of likely N-dealkylation sites (tertiary alicyclic amines) is 1. The third kappa shape index (κ3) is 3.76. The summed E-state index contributed by atoms with van der Waals surface area (Å²) < 4.78 is 26.5. The highest BCUT2D eigenvalue weighted by molar-refractivity contribution is 7.13. The highest BCUT2D eigenvalue weighted by atomic mass is 32.1. The fourth-order valence-corrected chi connectivity index (χ4v) is 4.62. The first-order valence-corrected chi connectivity index (χ1v) is 10.9. The third-order valence-electron chi connectivity index (χ3n) is 5.45. The van der Waals surface area contributed by atoms with Gasteiger partial charge in [-0.3, -0.25) is 4.79 Å². The van der Waals surface area contributed by atoms with Gasteiger partial charge in [0, 0.05) is 19.0 Å². The topological polar surface area (TPSA) is 69.5 Å². The van der Waals surface area contributed by atoms with Crippen molar-refractivity contribution in [3.05, 3.63) is 53.4 Å². The largest absolute Gasteiger partial charge is 0.350 e. The fourth-order valence-electron chi connectivity index (χ4n) is 3.92. The summed E-state index contributed by atoms with van der Waals surface area (Å²) in [5.41, 5.74) is 0.527. The number of benzene rings is 1. The standard InChI is InChI=1S/C21H21FN4O3S/c22-15-3-1-4-16(13-15)26-19(17-5-2-12-30-17)23-18(24-26)20(27)25-8-6-14(7-9-25)21-28-10-11-29-21/h1-5,12-14,21H,6-11H2. The summed E-state index contributed by atoms with van der Waals surface area (Å²) in [6.07, 6.45) is 1.48. The number of halogens is 1. The van der Waals surface area contributed by atoms with Crippen LogP contribution in [0.15, 0.2) is 41.8 Å². The number of carbonyl (C=O) groups is 1. The van der Waals surface area contributed by atoms with Gasteiger partial charge >= 0.3 is 0 Å². The van der Waals surface area contributed by atoms with E-state index in [0.29, 0.717) is 43.7 Å². The molecule has 0 spiro atoms. The lowest BCUT2D eigenvalue weighted by atomic mass is 9.96. The number of nitrogens with zero attached hydrogens (tertiary/aromatic N) is 4. The molecule has 4 heterocycles. The molecule has 0 unspecified atom stereocenters. The van der Waals surface area contributed by atoms with Crippen LogP contribution in [0.1, 0.15) is 23.5 Å². The van der Waals surface area contributed by atoms with Crippen LogP contribution in [-0.2, 0) is 9.47 Å². The van der Waals surface area contributed by atoms with Crippen LogP contribution in [0.3, 0.4) is 0 Å². The normalized spacial score (nSPS) is 18.2.